The zero-order valence-corrected chi connectivity index (χ0v) is 8.86. The Bertz CT molecular complexity index is 341. The third kappa shape index (κ3) is 3.26. The van der Waals surface area contributed by atoms with Crippen LogP contribution in [0, 0.1) is 4.64 Å². The lowest BCUT2D eigenvalue weighted by atomic mass is 10.3. The van der Waals surface area contributed by atoms with E-state index in [1.807, 2.05) is 0 Å². The van der Waals surface area contributed by atoms with E-state index in [2.05, 4.69) is 22.2 Å². The molecule has 0 aliphatic rings. The SMILES string of the molecule is CCCCNC(=O)c1c[nH]c(=S)cn1. The molecule has 76 valence electrons. The number of aromatic nitrogens is 2. The van der Waals surface area contributed by atoms with Crippen molar-refractivity contribution in [3.63, 3.8) is 0 Å². The van der Waals surface area contributed by atoms with Crippen molar-refractivity contribution in [3.8, 4) is 0 Å². The van der Waals surface area contributed by atoms with Gasteiger partial charge < -0.3 is 10.3 Å². The summed E-state index contributed by atoms with van der Waals surface area (Å²) in [4.78, 5) is 18.1. The Morgan fingerprint density at radius 3 is 3.07 bits per heavy atom. The van der Waals surface area contributed by atoms with Crippen molar-refractivity contribution in [2.75, 3.05) is 6.54 Å². The van der Waals surface area contributed by atoms with Gasteiger partial charge in [-0.3, -0.25) is 4.79 Å². The Labute approximate surface area is 87.8 Å². The minimum absolute atomic E-state index is 0.162. The first-order chi connectivity index (χ1) is 6.74. The molecule has 1 rings (SSSR count). The number of hydrogen-bond donors (Lipinski definition) is 2. The fourth-order valence-corrected chi connectivity index (χ4v) is 1.05. The van der Waals surface area contributed by atoms with Crippen molar-refractivity contribution in [2.24, 2.45) is 0 Å². The molecule has 0 atom stereocenters. The molecule has 0 aromatic carbocycles. The number of aromatic amines is 1. The Balaban J connectivity index is 2.52. The summed E-state index contributed by atoms with van der Waals surface area (Å²) in [5.41, 5.74) is 0.370. The minimum Gasteiger partial charge on any atom is -0.351 e. The number of nitrogens with zero attached hydrogens (tertiary/aromatic N) is 1. The van der Waals surface area contributed by atoms with E-state index in [1.165, 1.54) is 12.4 Å². The lowest BCUT2D eigenvalue weighted by Gasteiger charge is -2.02. The average molecular weight is 211 g/mol. The van der Waals surface area contributed by atoms with Gasteiger partial charge in [-0.1, -0.05) is 25.6 Å². The van der Waals surface area contributed by atoms with Crippen molar-refractivity contribution in [2.45, 2.75) is 19.8 Å². The Morgan fingerprint density at radius 2 is 2.50 bits per heavy atom. The molecule has 0 spiro atoms. The van der Waals surface area contributed by atoms with Crippen LogP contribution in [0.25, 0.3) is 0 Å². The third-order valence-electron chi connectivity index (χ3n) is 1.72. The summed E-state index contributed by atoms with van der Waals surface area (Å²) in [6.07, 6.45) is 5.02. The van der Waals surface area contributed by atoms with Crippen molar-refractivity contribution in [1.82, 2.24) is 15.3 Å². The molecule has 2 N–H and O–H groups in total. The highest BCUT2D eigenvalue weighted by Crippen LogP contribution is 1.92. The van der Waals surface area contributed by atoms with Gasteiger partial charge in [0.25, 0.3) is 5.91 Å². The molecule has 1 heterocycles. The number of unbranched alkanes of at least 4 members (excludes halogenated alkanes) is 1. The molecule has 5 heteroatoms. The number of amides is 1. The van der Waals surface area contributed by atoms with Gasteiger partial charge in [0.1, 0.15) is 10.3 Å². The topological polar surface area (TPSA) is 57.8 Å². The van der Waals surface area contributed by atoms with E-state index in [9.17, 15) is 4.79 Å². The van der Waals surface area contributed by atoms with Crippen molar-refractivity contribution in [3.05, 3.63) is 22.7 Å². The molecule has 1 aromatic rings. The number of hydrogen-bond acceptors (Lipinski definition) is 3. The van der Waals surface area contributed by atoms with E-state index in [0.717, 1.165) is 12.8 Å². The molecule has 0 saturated carbocycles. The van der Waals surface area contributed by atoms with E-state index in [4.69, 9.17) is 12.2 Å². The molecule has 1 aromatic heterocycles. The fraction of sp³-hybridized carbons (Fsp3) is 0.444. The second kappa shape index (κ2) is 5.49. The van der Waals surface area contributed by atoms with Crippen LogP contribution in [-0.2, 0) is 0 Å². The van der Waals surface area contributed by atoms with Gasteiger partial charge in [0.15, 0.2) is 0 Å². The zero-order valence-electron chi connectivity index (χ0n) is 8.04. The highest BCUT2D eigenvalue weighted by Gasteiger charge is 2.04. The second-order valence-electron chi connectivity index (χ2n) is 2.91. The molecule has 14 heavy (non-hydrogen) atoms. The predicted molar refractivity (Wildman–Crippen MR) is 56.7 cm³/mol. The number of rotatable bonds is 4. The monoisotopic (exact) mass is 211 g/mol. The number of nitrogens with one attached hydrogen (secondary N) is 2. The van der Waals surface area contributed by atoms with E-state index >= 15 is 0 Å². The van der Waals surface area contributed by atoms with Crippen molar-refractivity contribution < 1.29 is 4.79 Å². The maximum Gasteiger partial charge on any atom is 0.271 e. The first-order valence-corrected chi connectivity index (χ1v) is 4.97. The molecular formula is C9H13N3OS. The summed E-state index contributed by atoms with van der Waals surface area (Å²) < 4.78 is 0.523. The summed E-state index contributed by atoms with van der Waals surface area (Å²) in [5.74, 6) is -0.162. The minimum atomic E-state index is -0.162. The van der Waals surface area contributed by atoms with Gasteiger partial charge in [-0.15, -0.1) is 0 Å². The van der Waals surface area contributed by atoms with Gasteiger partial charge in [-0.25, -0.2) is 4.98 Å². The van der Waals surface area contributed by atoms with Crippen LogP contribution in [0.5, 0.6) is 0 Å². The van der Waals surface area contributed by atoms with Crippen LogP contribution in [0.3, 0.4) is 0 Å². The largest absolute Gasteiger partial charge is 0.351 e. The van der Waals surface area contributed by atoms with Crippen molar-refractivity contribution in [1.29, 1.82) is 0 Å². The highest BCUT2D eigenvalue weighted by molar-refractivity contribution is 7.71. The van der Waals surface area contributed by atoms with E-state index in [0.29, 0.717) is 16.9 Å². The van der Waals surface area contributed by atoms with Crippen molar-refractivity contribution >= 4 is 18.1 Å². The smallest absolute Gasteiger partial charge is 0.271 e. The molecule has 0 radical (unpaired) electrons. The number of carbonyl (C=O) groups is 1. The molecule has 0 aliphatic carbocycles. The second-order valence-corrected chi connectivity index (χ2v) is 3.35. The third-order valence-corrected chi connectivity index (χ3v) is 1.94. The van der Waals surface area contributed by atoms with Crippen LogP contribution in [0.15, 0.2) is 12.4 Å². The quantitative estimate of drug-likeness (QED) is 0.588. The summed E-state index contributed by atoms with van der Waals surface area (Å²) in [5, 5.41) is 2.76. The van der Waals surface area contributed by atoms with Gasteiger partial charge in [-0.2, -0.15) is 0 Å². The standard InChI is InChI=1S/C9H13N3OS/c1-2-3-4-10-9(13)7-5-12-8(14)6-11-7/h5-6H,2-4H2,1H3,(H,10,13)(H,12,14). The summed E-state index contributed by atoms with van der Waals surface area (Å²) >= 11 is 4.81. The molecule has 0 fully saturated rings. The fourth-order valence-electron chi connectivity index (χ4n) is 0.936. The first-order valence-electron chi connectivity index (χ1n) is 4.57. The molecular weight excluding hydrogens is 198 g/mol. The molecule has 4 nitrogen and oxygen atoms in total. The van der Waals surface area contributed by atoms with Crippen LogP contribution in [0.1, 0.15) is 30.3 Å². The van der Waals surface area contributed by atoms with Crippen LogP contribution < -0.4 is 5.32 Å². The van der Waals surface area contributed by atoms with Gasteiger partial charge in [-0.05, 0) is 6.42 Å². The Kier molecular flexibility index (Phi) is 4.25. The number of H-pyrrole nitrogens is 1. The van der Waals surface area contributed by atoms with Gasteiger partial charge >= 0.3 is 0 Å². The maximum atomic E-state index is 11.4. The van der Waals surface area contributed by atoms with Crippen LogP contribution in [0.4, 0.5) is 0 Å². The molecule has 0 aliphatic heterocycles. The number of carbonyl (C=O) groups excluding carboxylic acids is 1. The van der Waals surface area contributed by atoms with E-state index in [1.54, 1.807) is 0 Å². The lowest BCUT2D eigenvalue weighted by Crippen LogP contribution is -2.25. The average Bonchev–Trinajstić information content (AvgIpc) is 2.19. The van der Waals surface area contributed by atoms with Crippen LogP contribution in [0.2, 0.25) is 0 Å². The Hall–Kier alpha value is -1.23. The first kappa shape index (κ1) is 10.8. The van der Waals surface area contributed by atoms with Gasteiger partial charge in [0.2, 0.25) is 0 Å². The highest BCUT2D eigenvalue weighted by atomic mass is 32.1. The summed E-state index contributed by atoms with van der Waals surface area (Å²) in [6.45, 7) is 2.76. The molecule has 0 unspecified atom stereocenters. The zero-order chi connectivity index (χ0) is 10.4. The van der Waals surface area contributed by atoms with Crippen LogP contribution in [-0.4, -0.2) is 22.4 Å². The van der Waals surface area contributed by atoms with Crippen LogP contribution >= 0.6 is 12.2 Å². The maximum absolute atomic E-state index is 11.4. The molecule has 0 bridgehead atoms. The lowest BCUT2D eigenvalue weighted by molar-refractivity contribution is 0.0947. The summed E-state index contributed by atoms with van der Waals surface area (Å²) in [6, 6.07) is 0. The predicted octanol–water partition coefficient (Wildman–Crippen LogP) is 1.67. The summed E-state index contributed by atoms with van der Waals surface area (Å²) in [7, 11) is 0. The van der Waals surface area contributed by atoms with Gasteiger partial charge in [0.05, 0.1) is 6.20 Å². The Morgan fingerprint density at radius 1 is 1.71 bits per heavy atom. The molecule has 1 amide bonds. The van der Waals surface area contributed by atoms with E-state index in [-0.39, 0.29) is 5.91 Å². The normalized spacial score (nSPS) is 9.79. The molecule has 0 saturated heterocycles. The van der Waals surface area contributed by atoms with E-state index < -0.39 is 0 Å². The van der Waals surface area contributed by atoms with Gasteiger partial charge in [0, 0.05) is 12.7 Å².